The molecule has 172 valence electrons. The average Bonchev–Trinajstić information content (AvgIpc) is 3.32. The lowest BCUT2D eigenvalue weighted by atomic mass is 10.2. The highest BCUT2D eigenvalue weighted by Crippen LogP contribution is 2.16. The first-order valence-corrected chi connectivity index (χ1v) is 11.1. The number of rotatable bonds is 4. The van der Waals surface area contributed by atoms with Crippen LogP contribution in [0.2, 0.25) is 5.02 Å². The summed E-state index contributed by atoms with van der Waals surface area (Å²) in [6, 6.07) is 13.9. The van der Waals surface area contributed by atoms with Crippen molar-refractivity contribution in [2.75, 3.05) is 10.5 Å². The molecule has 33 heavy (non-hydrogen) atoms. The molecule has 1 aromatic heterocycles. The number of nitrogen functional groups attached to an aromatic ring is 1. The molecular weight excluding hydrogens is 468 g/mol. The summed E-state index contributed by atoms with van der Waals surface area (Å²) in [4.78, 5) is 24.2. The molecule has 0 spiro atoms. The number of nitrogens with zero attached hydrogens (tertiary/aromatic N) is 3. The Morgan fingerprint density at radius 1 is 1.15 bits per heavy atom. The van der Waals surface area contributed by atoms with Gasteiger partial charge in [0.25, 0.3) is 11.8 Å². The van der Waals surface area contributed by atoms with E-state index in [1.54, 1.807) is 56.3 Å². The Labute approximate surface area is 197 Å². The number of carbonyl (C=O) groups excluding carboxylic acids is 2. The summed E-state index contributed by atoms with van der Waals surface area (Å²) in [5.74, 6) is 0.103. The standard InChI is InChI=1S/C11H10ClN3O2.C10H11N3O2S/c1-6-9(13)11(17)15(14-6)10(16)7-2-4-8(12)5-3-7;1-7-6-10(12-15-7)13-16(14)9-4-2-8(11)3-5-9/h2-5,9H,13H2,1H3;2-6H,11H2,1H3,(H,12,13). The maximum atomic E-state index is 12.0. The van der Waals surface area contributed by atoms with Crippen molar-refractivity contribution in [3.05, 3.63) is 70.9 Å². The van der Waals surface area contributed by atoms with Gasteiger partial charge in [0.1, 0.15) is 11.8 Å². The van der Waals surface area contributed by atoms with E-state index in [-0.39, 0.29) is 0 Å². The van der Waals surface area contributed by atoms with Crippen molar-refractivity contribution in [3.63, 3.8) is 0 Å². The SMILES string of the molecule is CC1=NN(C(=O)c2ccc(Cl)cc2)C(=O)C1N.Cc1cc(NS(=O)c2ccc(N)cc2)no1. The highest BCUT2D eigenvalue weighted by atomic mass is 35.5. The molecule has 2 amide bonds. The number of benzene rings is 2. The molecule has 0 saturated carbocycles. The summed E-state index contributed by atoms with van der Waals surface area (Å²) < 4.78 is 19.4. The van der Waals surface area contributed by atoms with Crippen LogP contribution in [-0.4, -0.2) is 37.9 Å². The van der Waals surface area contributed by atoms with Crippen molar-refractivity contribution in [1.82, 2.24) is 10.2 Å². The quantitative estimate of drug-likeness (QED) is 0.376. The molecule has 2 atom stereocenters. The fourth-order valence-electron chi connectivity index (χ4n) is 2.60. The molecule has 0 fully saturated rings. The number of halogens is 1. The first-order valence-electron chi connectivity index (χ1n) is 9.57. The van der Waals surface area contributed by atoms with Gasteiger partial charge in [-0.25, -0.2) is 4.21 Å². The predicted molar refractivity (Wildman–Crippen MR) is 126 cm³/mol. The molecule has 1 aliphatic heterocycles. The molecule has 0 saturated heterocycles. The molecule has 10 nitrogen and oxygen atoms in total. The lowest BCUT2D eigenvalue weighted by Gasteiger charge is -2.10. The summed E-state index contributed by atoms with van der Waals surface area (Å²) in [6.07, 6.45) is 0. The Hall–Kier alpha value is -3.54. The lowest BCUT2D eigenvalue weighted by Crippen LogP contribution is -2.40. The monoisotopic (exact) mass is 488 g/mol. The number of aryl methyl sites for hydroxylation is 1. The van der Waals surface area contributed by atoms with E-state index in [0.29, 0.717) is 38.5 Å². The number of imide groups is 1. The fourth-order valence-corrected chi connectivity index (χ4v) is 3.51. The Balaban J connectivity index is 0.000000186. The minimum Gasteiger partial charge on any atom is -0.399 e. The van der Waals surface area contributed by atoms with Crippen LogP contribution in [0.3, 0.4) is 0 Å². The molecule has 0 radical (unpaired) electrons. The van der Waals surface area contributed by atoms with Gasteiger partial charge in [-0.15, -0.1) is 0 Å². The molecular formula is C21H21ClN6O4S. The van der Waals surface area contributed by atoms with E-state index >= 15 is 0 Å². The Bertz CT molecular complexity index is 1210. The molecule has 4 rings (SSSR count). The van der Waals surface area contributed by atoms with Gasteiger partial charge in [0.15, 0.2) is 16.8 Å². The van der Waals surface area contributed by atoms with Gasteiger partial charge in [0, 0.05) is 22.3 Å². The van der Waals surface area contributed by atoms with Crippen LogP contribution in [0.15, 0.2) is 69.1 Å². The third-order valence-corrected chi connectivity index (χ3v) is 5.73. The molecule has 0 bridgehead atoms. The average molecular weight is 489 g/mol. The Morgan fingerprint density at radius 2 is 1.79 bits per heavy atom. The number of aromatic nitrogens is 1. The van der Waals surface area contributed by atoms with Crippen molar-refractivity contribution in [2.45, 2.75) is 24.8 Å². The summed E-state index contributed by atoms with van der Waals surface area (Å²) in [6.45, 7) is 3.38. The van der Waals surface area contributed by atoms with Gasteiger partial charge in [-0.2, -0.15) is 10.1 Å². The summed E-state index contributed by atoms with van der Waals surface area (Å²) in [5.41, 5.74) is 12.5. The maximum Gasteiger partial charge on any atom is 0.281 e. The number of nitrogens with two attached hydrogens (primary N) is 2. The van der Waals surface area contributed by atoms with Gasteiger partial charge < -0.3 is 16.0 Å². The highest BCUT2D eigenvalue weighted by Gasteiger charge is 2.35. The largest absolute Gasteiger partial charge is 0.399 e. The van der Waals surface area contributed by atoms with Gasteiger partial charge in [0.2, 0.25) is 0 Å². The molecule has 0 aliphatic carbocycles. The molecule has 5 N–H and O–H groups in total. The predicted octanol–water partition coefficient (Wildman–Crippen LogP) is 2.73. The number of nitrogens with one attached hydrogen (secondary N) is 1. The smallest absolute Gasteiger partial charge is 0.281 e. The number of carbonyl (C=O) groups is 2. The summed E-state index contributed by atoms with van der Waals surface area (Å²) in [5, 5.41) is 8.85. The second-order valence-electron chi connectivity index (χ2n) is 6.94. The van der Waals surface area contributed by atoms with Crippen LogP contribution in [-0.2, 0) is 15.8 Å². The van der Waals surface area contributed by atoms with E-state index < -0.39 is 28.8 Å². The topological polar surface area (TPSA) is 157 Å². The van der Waals surface area contributed by atoms with E-state index in [0.717, 1.165) is 5.01 Å². The number of anilines is 2. The highest BCUT2D eigenvalue weighted by molar-refractivity contribution is 7.86. The second kappa shape index (κ2) is 10.4. The molecule has 12 heteroatoms. The zero-order chi connectivity index (χ0) is 24.1. The van der Waals surface area contributed by atoms with Gasteiger partial charge in [-0.3, -0.25) is 14.3 Å². The molecule has 1 aliphatic rings. The van der Waals surface area contributed by atoms with Crippen LogP contribution < -0.4 is 16.2 Å². The van der Waals surface area contributed by atoms with Crippen LogP contribution in [0, 0.1) is 6.92 Å². The van der Waals surface area contributed by atoms with E-state index in [9.17, 15) is 13.8 Å². The van der Waals surface area contributed by atoms with Crippen LogP contribution in [0.4, 0.5) is 11.5 Å². The zero-order valence-corrected chi connectivity index (χ0v) is 19.3. The summed E-state index contributed by atoms with van der Waals surface area (Å²) >= 11 is 5.71. The molecule has 3 aromatic rings. The number of hydrazone groups is 1. The minimum absolute atomic E-state index is 0.341. The molecule has 2 heterocycles. The lowest BCUT2D eigenvalue weighted by molar-refractivity contribution is -0.127. The normalized spacial score (nSPS) is 16.0. The van der Waals surface area contributed by atoms with E-state index in [1.165, 1.54) is 12.1 Å². The first-order chi connectivity index (χ1) is 15.7. The maximum absolute atomic E-state index is 12.0. The number of hydrogen-bond acceptors (Lipinski definition) is 8. The van der Waals surface area contributed by atoms with Crippen LogP contribution in [0.5, 0.6) is 0 Å². The van der Waals surface area contributed by atoms with Crippen molar-refractivity contribution in [3.8, 4) is 0 Å². The molecule has 2 unspecified atom stereocenters. The van der Waals surface area contributed by atoms with Gasteiger partial charge in [-0.1, -0.05) is 16.8 Å². The van der Waals surface area contributed by atoms with Crippen molar-refractivity contribution in [1.29, 1.82) is 0 Å². The van der Waals surface area contributed by atoms with Crippen molar-refractivity contribution >= 4 is 51.6 Å². The van der Waals surface area contributed by atoms with E-state index in [1.807, 2.05) is 0 Å². The first kappa shape index (κ1) is 24.1. The summed E-state index contributed by atoms with van der Waals surface area (Å²) in [7, 11) is -1.36. The van der Waals surface area contributed by atoms with Crippen molar-refractivity contribution in [2.24, 2.45) is 10.8 Å². The van der Waals surface area contributed by atoms with E-state index in [2.05, 4.69) is 15.0 Å². The van der Waals surface area contributed by atoms with Crippen LogP contribution in [0.25, 0.3) is 0 Å². The van der Waals surface area contributed by atoms with Crippen LogP contribution in [0.1, 0.15) is 23.0 Å². The van der Waals surface area contributed by atoms with Crippen LogP contribution >= 0.6 is 11.6 Å². The number of amides is 2. The number of hydrogen-bond donors (Lipinski definition) is 3. The van der Waals surface area contributed by atoms with Gasteiger partial charge in [-0.05, 0) is 62.4 Å². The Morgan fingerprint density at radius 3 is 2.30 bits per heavy atom. The van der Waals surface area contributed by atoms with E-state index in [4.69, 9.17) is 27.6 Å². The third-order valence-electron chi connectivity index (χ3n) is 4.39. The Kier molecular flexibility index (Phi) is 7.59. The third kappa shape index (κ3) is 6.04. The van der Waals surface area contributed by atoms with Crippen molar-refractivity contribution < 1.29 is 18.3 Å². The fraction of sp³-hybridized carbons (Fsp3) is 0.143. The second-order valence-corrected chi connectivity index (χ2v) is 8.59. The molecule has 2 aromatic carbocycles. The zero-order valence-electron chi connectivity index (χ0n) is 17.7. The van der Waals surface area contributed by atoms with Gasteiger partial charge in [0.05, 0.1) is 10.6 Å². The van der Waals surface area contributed by atoms with Gasteiger partial charge >= 0.3 is 0 Å². The minimum atomic E-state index is -1.36.